The van der Waals surface area contributed by atoms with Crippen LogP contribution in [-0.2, 0) is 0 Å². The summed E-state index contributed by atoms with van der Waals surface area (Å²) in [5.74, 6) is 1.69. The Kier molecular flexibility index (Phi) is 3.81. The molecule has 1 aliphatic carbocycles. The number of hydrogen-bond acceptors (Lipinski definition) is 2. The number of piperidine rings is 1. The Morgan fingerprint density at radius 3 is 1.72 bits per heavy atom. The first-order valence-electron chi connectivity index (χ1n) is 7.64. The summed E-state index contributed by atoms with van der Waals surface area (Å²) < 4.78 is 0. The largest absolute Gasteiger partial charge is 0.393 e. The van der Waals surface area contributed by atoms with Crippen LogP contribution in [0, 0.1) is 11.8 Å². The lowest BCUT2D eigenvalue weighted by molar-refractivity contribution is -0.0526. The minimum Gasteiger partial charge on any atom is -0.393 e. The molecule has 0 spiro atoms. The van der Waals surface area contributed by atoms with Gasteiger partial charge < -0.3 is 5.11 Å². The molecule has 0 unspecified atom stereocenters. The Morgan fingerprint density at radius 2 is 1.28 bits per heavy atom. The lowest BCUT2D eigenvalue weighted by atomic mass is 9.66. The van der Waals surface area contributed by atoms with Crippen molar-refractivity contribution in [3.63, 3.8) is 0 Å². The van der Waals surface area contributed by atoms with Gasteiger partial charge >= 0.3 is 0 Å². The molecule has 2 nitrogen and oxygen atoms in total. The fourth-order valence-electron chi connectivity index (χ4n) is 4.35. The van der Waals surface area contributed by atoms with E-state index in [4.69, 9.17) is 0 Å². The topological polar surface area (TPSA) is 23.5 Å². The second-order valence-corrected chi connectivity index (χ2v) is 7.92. The van der Waals surface area contributed by atoms with Crippen LogP contribution in [0.5, 0.6) is 0 Å². The van der Waals surface area contributed by atoms with Gasteiger partial charge in [0.15, 0.2) is 0 Å². The van der Waals surface area contributed by atoms with E-state index in [0.717, 1.165) is 24.7 Å². The maximum atomic E-state index is 9.66. The van der Waals surface area contributed by atoms with Crippen LogP contribution < -0.4 is 0 Å². The van der Waals surface area contributed by atoms with Gasteiger partial charge in [-0.15, -0.1) is 0 Å². The first kappa shape index (κ1) is 14.3. The normalized spacial score (nSPS) is 37.7. The third-order valence-electron chi connectivity index (χ3n) is 5.75. The molecule has 0 amide bonds. The van der Waals surface area contributed by atoms with E-state index >= 15 is 0 Å². The van der Waals surface area contributed by atoms with Crippen molar-refractivity contribution in [2.45, 2.75) is 83.4 Å². The molecule has 1 N–H and O–H groups in total. The molecular formula is C16H31NO. The summed E-state index contributed by atoms with van der Waals surface area (Å²) in [5, 5.41) is 9.66. The van der Waals surface area contributed by atoms with Crippen molar-refractivity contribution in [3.05, 3.63) is 0 Å². The average molecular weight is 253 g/mol. The molecule has 1 saturated carbocycles. The summed E-state index contributed by atoms with van der Waals surface area (Å²) in [6.45, 7) is 9.55. The lowest BCUT2D eigenvalue weighted by Crippen LogP contribution is -2.59. The zero-order valence-electron chi connectivity index (χ0n) is 12.9. The Morgan fingerprint density at radius 1 is 0.833 bits per heavy atom. The van der Waals surface area contributed by atoms with Gasteiger partial charge in [0.25, 0.3) is 0 Å². The molecule has 106 valence electrons. The standard InChI is InChI=1S/C16H31NO/c1-15(2)10-13(11-16(3,4)17(15)5)12-6-8-14(18)9-7-12/h12-14,18H,6-11H2,1-5H3. The van der Waals surface area contributed by atoms with Crippen LogP contribution in [0.4, 0.5) is 0 Å². The molecule has 0 aromatic heterocycles. The van der Waals surface area contributed by atoms with Gasteiger partial charge in [-0.1, -0.05) is 0 Å². The molecule has 0 aromatic carbocycles. The van der Waals surface area contributed by atoms with E-state index in [1.807, 2.05) is 0 Å². The molecular weight excluding hydrogens is 222 g/mol. The summed E-state index contributed by atoms with van der Waals surface area (Å²) >= 11 is 0. The zero-order valence-corrected chi connectivity index (χ0v) is 12.9. The molecule has 2 fully saturated rings. The average Bonchev–Trinajstić information content (AvgIpc) is 2.26. The van der Waals surface area contributed by atoms with Gasteiger partial charge in [-0.2, -0.15) is 0 Å². The van der Waals surface area contributed by atoms with E-state index in [1.165, 1.54) is 25.7 Å². The van der Waals surface area contributed by atoms with Crippen molar-refractivity contribution >= 4 is 0 Å². The number of rotatable bonds is 1. The SMILES string of the molecule is CN1C(C)(C)CC(C2CCC(O)CC2)CC1(C)C. The number of aliphatic hydroxyl groups is 1. The third-order valence-corrected chi connectivity index (χ3v) is 5.75. The molecule has 2 rings (SSSR count). The number of aliphatic hydroxyl groups excluding tert-OH is 1. The predicted molar refractivity (Wildman–Crippen MR) is 76.6 cm³/mol. The van der Waals surface area contributed by atoms with E-state index in [2.05, 4.69) is 39.6 Å². The molecule has 0 bridgehead atoms. The van der Waals surface area contributed by atoms with E-state index in [9.17, 15) is 5.11 Å². The first-order valence-corrected chi connectivity index (χ1v) is 7.64. The molecule has 18 heavy (non-hydrogen) atoms. The number of likely N-dealkylation sites (tertiary alicyclic amines) is 1. The van der Waals surface area contributed by atoms with Gasteiger partial charge in [0, 0.05) is 11.1 Å². The smallest absolute Gasteiger partial charge is 0.0540 e. The summed E-state index contributed by atoms with van der Waals surface area (Å²) in [7, 11) is 2.28. The van der Waals surface area contributed by atoms with Gasteiger partial charge in [-0.3, -0.25) is 4.90 Å². The van der Waals surface area contributed by atoms with Crippen molar-refractivity contribution < 1.29 is 5.11 Å². The van der Waals surface area contributed by atoms with Crippen LogP contribution >= 0.6 is 0 Å². The van der Waals surface area contributed by atoms with E-state index in [-0.39, 0.29) is 6.10 Å². The van der Waals surface area contributed by atoms with Crippen LogP contribution in [0.1, 0.15) is 66.2 Å². The Balaban J connectivity index is 2.06. The van der Waals surface area contributed by atoms with E-state index in [1.54, 1.807) is 0 Å². The van der Waals surface area contributed by atoms with Crippen molar-refractivity contribution in [2.24, 2.45) is 11.8 Å². The Bertz CT molecular complexity index is 271. The Hall–Kier alpha value is -0.0800. The molecule has 1 saturated heterocycles. The molecule has 1 aliphatic heterocycles. The van der Waals surface area contributed by atoms with Crippen molar-refractivity contribution in [3.8, 4) is 0 Å². The van der Waals surface area contributed by atoms with Crippen LogP contribution in [0.15, 0.2) is 0 Å². The predicted octanol–water partition coefficient (Wildman–Crippen LogP) is 3.44. The van der Waals surface area contributed by atoms with Gasteiger partial charge in [-0.05, 0) is 85.1 Å². The fraction of sp³-hybridized carbons (Fsp3) is 1.00. The van der Waals surface area contributed by atoms with Gasteiger partial charge in [0.1, 0.15) is 0 Å². The zero-order chi connectivity index (χ0) is 13.6. The third kappa shape index (κ3) is 2.75. The molecule has 2 aliphatic rings. The van der Waals surface area contributed by atoms with Crippen LogP contribution in [0.25, 0.3) is 0 Å². The van der Waals surface area contributed by atoms with Crippen LogP contribution in [-0.4, -0.2) is 34.2 Å². The Labute approximate surface area is 113 Å². The second-order valence-electron chi connectivity index (χ2n) is 7.92. The second kappa shape index (κ2) is 4.79. The number of nitrogens with zero attached hydrogens (tertiary/aromatic N) is 1. The number of hydrogen-bond donors (Lipinski definition) is 1. The summed E-state index contributed by atoms with van der Waals surface area (Å²) in [6, 6.07) is 0. The highest BCUT2D eigenvalue weighted by molar-refractivity contribution is 5.00. The summed E-state index contributed by atoms with van der Waals surface area (Å²) in [4.78, 5) is 2.56. The molecule has 2 heteroatoms. The van der Waals surface area contributed by atoms with Gasteiger partial charge in [-0.25, -0.2) is 0 Å². The lowest BCUT2D eigenvalue weighted by Gasteiger charge is -2.55. The van der Waals surface area contributed by atoms with Crippen LogP contribution in [0.2, 0.25) is 0 Å². The van der Waals surface area contributed by atoms with Crippen molar-refractivity contribution in [1.29, 1.82) is 0 Å². The maximum Gasteiger partial charge on any atom is 0.0540 e. The highest BCUT2D eigenvalue weighted by atomic mass is 16.3. The minimum absolute atomic E-state index is 0.0199. The summed E-state index contributed by atoms with van der Waals surface area (Å²) in [6.07, 6.45) is 7.13. The van der Waals surface area contributed by atoms with E-state index in [0.29, 0.717) is 11.1 Å². The molecule has 0 aromatic rings. The molecule has 1 heterocycles. The van der Waals surface area contributed by atoms with Gasteiger partial charge in [0.2, 0.25) is 0 Å². The van der Waals surface area contributed by atoms with E-state index < -0.39 is 0 Å². The van der Waals surface area contributed by atoms with Crippen LogP contribution in [0.3, 0.4) is 0 Å². The molecule has 0 atom stereocenters. The van der Waals surface area contributed by atoms with Crippen molar-refractivity contribution in [1.82, 2.24) is 4.90 Å². The highest BCUT2D eigenvalue weighted by Gasteiger charge is 2.45. The summed E-state index contributed by atoms with van der Waals surface area (Å²) in [5.41, 5.74) is 0.616. The monoisotopic (exact) mass is 253 g/mol. The first-order chi connectivity index (χ1) is 8.22. The van der Waals surface area contributed by atoms with Gasteiger partial charge in [0.05, 0.1) is 6.10 Å². The van der Waals surface area contributed by atoms with Crippen molar-refractivity contribution in [2.75, 3.05) is 7.05 Å². The maximum absolute atomic E-state index is 9.66. The quantitative estimate of drug-likeness (QED) is 0.774. The molecule has 0 radical (unpaired) electrons. The highest BCUT2D eigenvalue weighted by Crippen LogP contribution is 2.46. The fourth-order valence-corrected chi connectivity index (χ4v) is 4.35. The minimum atomic E-state index is -0.0199.